The van der Waals surface area contributed by atoms with E-state index >= 15 is 0 Å². The van der Waals surface area contributed by atoms with Gasteiger partial charge in [0.25, 0.3) is 0 Å². The van der Waals surface area contributed by atoms with Crippen LogP contribution in [-0.2, 0) is 4.79 Å². The predicted octanol–water partition coefficient (Wildman–Crippen LogP) is 2.14. The Morgan fingerprint density at radius 3 is 2.53 bits per heavy atom. The van der Waals surface area contributed by atoms with Gasteiger partial charge in [-0.3, -0.25) is 4.79 Å². The van der Waals surface area contributed by atoms with Gasteiger partial charge in [0.1, 0.15) is 5.75 Å². The Morgan fingerprint density at radius 1 is 1.42 bits per heavy atom. The molecule has 1 amide bonds. The molecular formula is C15H22N2O2. The molecule has 0 spiro atoms. The van der Waals surface area contributed by atoms with Crippen LogP contribution in [-0.4, -0.2) is 18.1 Å². The Morgan fingerprint density at radius 2 is 2.05 bits per heavy atom. The van der Waals surface area contributed by atoms with Crippen LogP contribution in [0.2, 0.25) is 0 Å². The molecule has 1 aromatic carbocycles. The molecule has 1 aliphatic carbocycles. The molecule has 0 bridgehead atoms. The number of hydrogen-bond acceptors (Lipinski definition) is 3. The maximum atomic E-state index is 12.0. The number of hydrogen-bond donors (Lipinski definition) is 2. The standard InChI is InChI=1S/C15H22N2O2/c1-3-19-13-7-5-12(6-8-13)11(2)17-14(18)15(16)9-4-10-15/h5-8,11H,3-4,9-10,16H2,1-2H3,(H,17,18). The largest absolute Gasteiger partial charge is 0.494 e. The lowest BCUT2D eigenvalue weighted by atomic mass is 9.77. The van der Waals surface area contributed by atoms with Crippen molar-refractivity contribution in [2.24, 2.45) is 5.73 Å². The summed E-state index contributed by atoms with van der Waals surface area (Å²) in [6.45, 7) is 4.58. The molecule has 1 saturated carbocycles. The van der Waals surface area contributed by atoms with Crippen molar-refractivity contribution < 1.29 is 9.53 Å². The third-order valence-electron chi connectivity index (χ3n) is 3.74. The van der Waals surface area contributed by atoms with Crippen molar-refractivity contribution in [1.82, 2.24) is 5.32 Å². The van der Waals surface area contributed by atoms with Crippen LogP contribution in [0.15, 0.2) is 24.3 Å². The predicted molar refractivity (Wildman–Crippen MR) is 74.9 cm³/mol. The number of nitrogens with one attached hydrogen (secondary N) is 1. The van der Waals surface area contributed by atoms with Gasteiger partial charge in [0.15, 0.2) is 0 Å². The highest BCUT2D eigenvalue weighted by Crippen LogP contribution is 2.30. The van der Waals surface area contributed by atoms with E-state index < -0.39 is 5.54 Å². The summed E-state index contributed by atoms with van der Waals surface area (Å²) in [6.07, 6.45) is 2.62. The molecule has 1 aromatic rings. The van der Waals surface area contributed by atoms with Crippen molar-refractivity contribution in [2.45, 2.75) is 44.7 Å². The van der Waals surface area contributed by atoms with Crippen LogP contribution in [0.4, 0.5) is 0 Å². The van der Waals surface area contributed by atoms with Gasteiger partial charge < -0.3 is 15.8 Å². The molecule has 2 rings (SSSR count). The van der Waals surface area contributed by atoms with Crippen LogP contribution in [0, 0.1) is 0 Å². The number of carbonyl (C=O) groups is 1. The fourth-order valence-corrected chi connectivity index (χ4v) is 2.23. The van der Waals surface area contributed by atoms with Crippen LogP contribution in [0.25, 0.3) is 0 Å². The van der Waals surface area contributed by atoms with Crippen LogP contribution in [0.1, 0.15) is 44.7 Å². The minimum atomic E-state index is -0.639. The molecule has 0 heterocycles. The van der Waals surface area contributed by atoms with Gasteiger partial charge in [-0.2, -0.15) is 0 Å². The summed E-state index contributed by atoms with van der Waals surface area (Å²) >= 11 is 0. The highest BCUT2D eigenvalue weighted by molar-refractivity contribution is 5.87. The average molecular weight is 262 g/mol. The van der Waals surface area contributed by atoms with Gasteiger partial charge in [-0.1, -0.05) is 12.1 Å². The van der Waals surface area contributed by atoms with E-state index in [0.29, 0.717) is 6.61 Å². The number of rotatable bonds is 5. The number of ether oxygens (including phenoxy) is 1. The van der Waals surface area contributed by atoms with Gasteiger partial charge in [0.2, 0.25) is 5.91 Å². The molecule has 4 nitrogen and oxygen atoms in total. The Bertz CT molecular complexity index is 438. The summed E-state index contributed by atoms with van der Waals surface area (Å²) in [5.41, 5.74) is 6.42. The van der Waals surface area contributed by atoms with Crippen molar-refractivity contribution in [3.05, 3.63) is 29.8 Å². The van der Waals surface area contributed by atoms with E-state index in [0.717, 1.165) is 30.6 Å². The molecule has 1 aliphatic rings. The zero-order valence-corrected chi connectivity index (χ0v) is 11.6. The molecule has 4 heteroatoms. The van der Waals surface area contributed by atoms with Gasteiger partial charge in [-0.05, 0) is 50.8 Å². The van der Waals surface area contributed by atoms with Gasteiger partial charge in [-0.15, -0.1) is 0 Å². The molecule has 1 fully saturated rings. The first-order valence-electron chi connectivity index (χ1n) is 6.88. The van der Waals surface area contributed by atoms with E-state index in [1.54, 1.807) is 0 Å². The Kier molecular flexibility index (Phi) is 4.10. The topological polar surface area (TPSA) is 64.3 Å². The van der Waals surface area contributed by atoms with Crippen LogP contribution < -0.4 is 15.8 Å². The molecule has 0 radical (unpaired) electrons. The highest BCUT2D eigenvalue weighted by atomic mass is 16.5. The first-order chi connectivity index (χ1) is 9.05. The number of carbonyl (C=O) groups excluding carboxylic acids is 1. The van der Waals surface area contributed by atoms with Crippen LogP contribution in [0.3, 0.4) is 0 Å². The van der Waals surface area contributed by atoms with E-state index in [4.69, 9.17) is 10.5 Å². The average Bonchev–Trinajstić information content (AvgIpc) is 2.37. The van der Waals surface area contributed by atoms with Crippen molar-refractivity contribution in [3.63, 3.8) is 0 Å². The summed E-state index contributed by atoms with van der Waals surface area (Å²) in [4.78, 5) is 12.0. The second kappa shape index (κ2) is 5.61. The summed E-state index contributed by atoms with van der Waals surface area (Å²) in [5, 5.41) is 2.99. The molecule has 0 aliphatic heterocycles. The van der Waals surface area contributed by atoms with Gasteiger partial charge in [-0.25, -0.2) is 0 Å². The molecule has 104 valence electrons. The fourth-order valence-electron chi connectivity index (χ4n) is 2.23. The van der Waals surface area contributed by atoms with Crippen molar-refractivity contribution in [1.29, 1.82) is 0 Å². The maximum absolute atomic E-state index is 12.0. The van der Waals surface area contributed by atoms with Crippen molar-refractivity contribution in [3.8, 4) is 5.75 Å². The minimum Gasteiger partial charge on any atom is -0.494 e. The lowest BCUT2D eigenvalue weighted by Crippen LogP contribution is -2.58. The van der Waals surface area contributed by atoms with Gasteiger partial charge >= 0.3 is 0 Å². The molecular weight excluding hydrogens is 240 g/mol. The maximum Gasteiger partial charge on any atom is 0.240 e. The number of benzene rings is 1. The Labute approximate surface area is 114 Å². The highest BCUT2D eigenvalue weighted by Gasteiger charge is 2.40. The number of nitrogens with two attached hydrogens (primary N) is 1. The SMILES string of the molecule is CCOc1ccc(C(C)NC(=O)C2(N)CCC2)cc1. The smallest absolute Gasteiger partial charge is 0.240 e. The minimum absolute atomic E-state index is 0.0378. The van der Waals surface area contributed by atoms with E-state index in [9.17, 15) is 4.79 Å². The Balaban J connectivity index is 1.95. The summed E-state index contributed by atoms with van der Waals surface area (Å²) in [5.74, 6) is 0.805. The van der Waals surface area contributed by atoms with E-state index in [2.05, 4.69) is 5.32 Å². The van der Waals surface area contributed by atoms with Crippen molar-refractivity contribution >= 4 is 5.91 Å². The number of amides is 1. The van der Waals surface area contributed by atoms with Crippen LogP contribution in [0.5, 0.6) is 5.75 Å². The normalized spacial score (nSPS) is 18.3. The lowest BCUT2D eigenvalue weighted by molar-refractivity contribution is -0.129. The first-order valence-corrected chi connectivity index (χ1v) is 6.88. The second-order valence-electron chi connectivity index (χ2n) is 5.21. The zero-order valence-electron chi connectivity index (χ0n) is 11.6. The third kappa shape index (κ3) is 3.07. The Hall–Kier alpha value is -1.55. The quantitative estimate of drug-likeness (QED) is 0.854. The first kappa shape index (κ1) is 13.9. The third-order valence-corrected chi connectivity index (χ3v) is 3.74. The monoisotopic (exact) mass is 262 g/mol. The van der Waals surface area contributed by atoms with E-state index in [1.165, 1.54) is 0 Å². The summed E-state index contributed by atoms with van der Waals surface area (Å²) < 4.78 is 5.40. The van der Waals surface area contributed by atoms with Gasteiger partial charge in [0, 0.05) is 0 Å². The molecule has 1 unspecified atom stereocenters. The van der Waals surface area contributed by atoms with E-state index in [1.807, 2.05) is 38.1 Å². The molecule has 0 saturated heterocycles. The van der Waals surface area contributed by atoms with Gasteiger partial charge in [0.05, 0.1) is 18.2 Å². The van der Waals surface area contributed by atoms with E-state index in [-0.39, 0.29) is 11.9 Å². The molecule has 1 atom stereocenters. The molecule has 19 heavy (non-hydrogen) atoms. The summed E-state index contributed by atoms with van der Waals surface area (Å²) in [6, 6.07) is 7.75. The second-order valence-corrected chi connectivity index (χ2v) is 5.21. The fraction of sp³-hybridized carbons (Fsp3) is 0.533. The molecule has 3 N–H and O–H groups in total. The summed E-state index contributed by atoms with van der Waals surface area (Å²) in [7, 11) is 0. The zero-order chi connectivity index (χ0) is 13.9. The lowest BCUT2D eigenvalue weighted by Gasteiger charge is -2.37. The molecule has 0 aromatic heterocycles. The van der Waals surface area contributed by atoms with Crippen molar-refractivity contribution in [2.75, 3.05) is 6.61 Å². The van der Waals surface area contributed by atoms with Crippen LogP contribution >= 0.6 is 0 Å².